The number of phenols is 1. The van der Waals surface area contributed by atoms with Crippen LogP contribution in [0.5, 0.6) is 5.75 Å². The largest absolute Gasteiger partial charge is 0.508 e. The molecule has 2 rings (SSSR count). The number of phenolic OH excluding ortho intramolecular Hbond substituents is 1. The van der Waals surface area contributed by atoms with Crippen LogP contribution in [-0.4, -0.2) is 16.2 Å². The van der Waals surface area contributed by atoms with Crippen molar-refractivity contribution in [2.24, 2.45) is 0 Å². The van der Waals surface area contributed by atoms with Crippen molar-refractivity contribution < 1.29 is 15.0 Å². The Hall–Kier alpha value is -2.55. The summed E-state index contributed by atoms with van der Waals surface area (Å²) in [6.45, 7) is 3.84. The zero-order valence-electron chi connectivity index (χ0n) is 11.6. The predicted octanol–water partition coefficient (Wildman–Crippen LogP) is 3.79. The molecule has 0 radical (unpaired) electrons. The highest BCUT2D eigenvalue weighted by Crippen LogP contribution is 2.15. The number of carboxylic acid groups (broad SMARTS) is 1. The van der Waals surface area contributed by atoms with E-state index in [4.69, 9.17) is 10.2 Å². The maximum Gasteiger partial charge on any atom is 0.328 e. The van der Waals surface area contributed by atoms with Gasteiger partial charge in [0.15, 0.2) is 0 Å². The quantitative estimate of drug-likeness (QED) is 0.816. The third-order valence-corrected chi connectivity index (χ3v) is 2.58. The molecule has 3 nitrogen and oxygen atoms in total. The minimum atomic E-state index is -0.922. The molecule has 3 heteroatoms. The first-order chi connectivity index (χ1) is 9.49. The van der Waals surface area contributed by atoms with E-state index < -0.39 is 5.97 Å². The van der Waals surface area contributed by atoms with E-state index in [9.17, 15) is 4.79 Å². The Bertz CT molecular complexity index is 586. The predicted molar refractivity (Wildman–Crippen MR) is 80.7 cm³/mol. The summed E-state index contributed by atoms with van der Waals surface area (Å²) in [4.78, 5) is 10.1. The second kappa shape index (κ2) is 7.79. The molecule has 0 saturated heterocycles. The van der Waals surface area contributed by atoms with Crippen molar-refractivity contribution in [1.82, 2.24) is 0 Å². The SMILES string of the molecule is Cc1ccc(C)c(O)c1.O=C(O)C=Cc1ccccc1. The van der Waals surface area contributed by atoms with Crippen molar-refractivity contribution in [3.8, 4) is 5.75 Å². The number of carboxylic acids is 1. The van der Waals surface area contributed by atoms with E-state index >= 15 is 0 Å². The standard InChI is InChI=1S/C9H8O2.C8H10O/c10-9(11)7-6-8-4-2-1-3-5-8;1-6-3-4-7(2)8(9)5-6/h1-7H,(H,10,11);3-5,9H,1-2H3. The molecule has 0 saturated carbocycles. The molecule has 0 spiro atoms. The van der Waals surface area contributed by atoms with Crippen LogP contribution >= 0.6 is 0 Å². The van der Waals surface area contributed by atoms with Gasteiger partial charge in [0.05, 0.1) is 0 Å². The second-order valence-electron chi connectivity index (χ2n) is 4.37. The summed E-state index contributed by atoms with van der Waals surface area (Å²) in [5.74, 6) is -0.538. The minimum Gasteiger partial charge on any atom is -0.508 e. The maximum atomic E-state index is 10.1. The van der Waals surface area contributed by atoms with Crippen molar-refractivity contribution in [3.63, 3.8) is 0 Å². The van der Waals surface area contributed by atoms with Crippen molar-refractivity contribution in [3.05, 3.63) is 71.3 Å². The van der Waals surface area contributed by atoms with E-state index in [1.807, 2.05) is 56.3 Å². The summed E-state index contributed by atoms with van der Waals surface area (Å²) >= 11 is 0. The normalized spacial score (nSPS) is 9.90. The van der Waals surface area contributed by atoms with Crippen molar-refractivity contribution in [1.29, 1.82) is 0 Å². The lowest BCUT2D eigenvalue weighted by molar-refractivity contribution is -0.131. The van der Waals surface area contributed by atoms with Gasteiger partial charge < -0.3 is 10.2 Å². The zero-order chi connectivity index (χ0) is 15.0. The summed E-state index contributed by atoms with van der Waals surface area (Å²) < 4.78 is 0. The molecule has 0 bridgehead atoms. The van der Waals surface area contributed by atoms with E-state index in [2.05, 4.69) is 0 Å². The Balaban J connectivity index is 0.000000204. The second-order valence-corrected chi connectivity index (χ2v) is 4.37. The summed E-state index contributed by atoms with van der Waals surface area (Å²) in [7, 11) is 0. The third kappa shape index (κ3) is 5.87. The van der Waals surface area contributed by atoms with Crippen molar-refractivity contribution in [2.45, 2.75) is 13.8 Å². The first kappa shape index (κ1) is 15.5. The van der Waals surface area contributed by atoms with E-state index in [0.29, 0.717) is 5.75 Å². The molecule has 2 aromatic carbocycles. The van der Waals surface area contributed by atoms with Crippen LogP contribution in [0.1, 0.15) is 16.7 Å². The molecule has 0 fully saturated rings. The highest BCUT2D eigenvalue weighted by molar-refractivity contribution is 5.85. The van der Waals surface area contributed by atoms with Crippen LogP contribution in [-0.2, 0) is 4.79 Å². The minimum absolute atomic E-state index is 0.384. The van der Waals surface area contributed by atoms with Gasteiger partial charge in [0.1, 0.15) is 5.75 Å². The van der Waals surface area contributed by atoms with Gasteiger partial charge in [-0.2, -0.15) is 0 Å². The molecule has 0 aromatic heterocycles. The van der Waals surface area contributed by atoms with Crippen LogP contribution in [0.15, 0.2) is 54.6 Å². The lowest BCUT2D eigenvalue weighted by atomic mass is 10.1. The van der Waals surface area contributed by atoms with Crippen LogP contribution < -0.4 is 0 Å². The fourth-order valence-corrected chi connectivity index (χ4v) is 1.45. The lowest BCUT2D eigenvalue weighted by Gasteiger charge is -1.97. The van der Waals surface area contributed by atoms with Gasteiger partial charge in [0.2, 0.25) is 0 Å². The van der Waals surface area contributed by atoms with Gasteiger partial charge in [-0.05, 0) is 42.7 Å². The molecule has 0 aliphatic heterocycles. The van der Waals surface area contributed by atoms with E-state index in [1.54, 1.807) is 12.1 Å². The maximum absolute atomic E-state index is 10.1. The number of aryl methyl sites for hydroxylation is 2. The molecule has 0 aliphatic rings. The van der Waals surface area contributed by atoms with Crippen LogP contribution in [0, 0.1) is 13.8 Å². The molecular weight excluding hydrogens is 252 g/mol. The Morgan fingerprint density at radius 3 is 2.20 bits per heavy atom. The number of carbonyl (C=O) groups is 1. The summed E-state index contributed by atoms with van der Waals surface area (Å²) in [6.07, 6.45) is 2.68. The van der Waals surface area contributed by atoms with Gasteiger partial charge in [-0.25, -0.2) is 4.79 Å². The number of hydrogen-bond acceptors (Lipinski definition) is 2. The smallest absolute Gasteiger partial charge is 0.328 e. The Morgan fingerprint density at radius 1 is 1.05 bits per heavy atom. The molecule has 0 aliphatic carbocycles. The first-order valence-electron chi connectivity index (χ1n) is 6.21. The summed E-state index contributed by atoms with van der Waals surface area (Å²) in [6, 6.07) is 15.0. The highest BCUT2D eigenvalue weighted by atomic mass is 16.4. The van der Waals surface area contributed by atoms with E-state index in [-0.39, 0.29) is 0 Å². The zero-order valence-corrected chi connectivity index (χ0v) is 11.6. The van der Waals surface area contributed by atoms with Crippen LogP contribution in [0.2, 0.25) is 0 Å². The Morgan fingerprint density at radius 2 is 1.70 bits per heavy atom. The topological polar surface area (TPSA) is 57.5 Å². The molecule has 0 heterocycles. The summed E-state index contributed by atoms with van der Waals surface area (Å²) in [5.41, 5.74) is 2.92. The number of aliphatic carboxylic acids is 1. The van der Waals surface area contributed by atoms with Crippen molar-refractivity contribution >= 4 is 12.0 Å². The van der Waals surface area contributed by atoms with Gasteiger partial charge in [0, 0.05) is 6.08 Å². The lowest BCUT2D eigenvalue weighted by Crippen LogP contribution is -1.85. The fourth-order valence-electron chi connectivity index (χ4n) is 1.45. The average Bonchev–Trinajstić information content (AvgIpc) is 2.43. The number of rotatable bonds is 2. The van der Waals surface area contributed by atoms with Gasteiger partial charge in [-0.1, -0.05) is 42.5 Å². The van der Waals surface area contributed by atoms with Crippen LogP contribution in [0.25, 0.3) is 6.08 Å². The molecule has 2 aromatic rings. The van der Waals surface area contributed by atoms with E-state index in [1.165, 1.54) is 0 Å². The Labute approximate surface area is 118 Å². The fraction of sp³-hybridized carbons (Fsp3) is 0.118. The molecular formula is C17H18O3. The van der Waals surface area contributed by atoms with Gasteiger partial charge >= 0.3 is 5.97 Å². The van der Waals surface area contributed by atoms with Gasteiger partial charge in [0.25, 0.3) is 0 Å². The van der Waals surface area contributed by atoms with Gasteiger partial charge in [-0.15, -0.1) is 0 Å². The molecule has 0 atom stereocenters. The molecule has 104 valence electrons. The van der Waals surface area contributed by atoms with Gasteiger partial charge in [-0.3, -0.25) is 0 Å². The van der Waals surface area contributed by atoms with Crippen LogP contribution in [0.3, 0.4) is 0 Å². The monoisotopic (exact) mass is 270 g/mol. The average molecular weight is 270 g/mol. The third-order valence-electron chi connectivity index (χ3n) is 2.58. The highest BCUT2D eigenvalue weighted by Gasteiger charge is 1.91. The first-order valence-corrected chi connectivity index (χ1v) is 6.21. The van der Waals surface area contributed by atoms with Crippen LogP contribution in [0.4, 0.5) is 0 Å². The molecule has 0 unspecified atom stereocenters. The Kier molecular flexibility index (Phi) is 6.04. The molecule has 0 amide bonds. The molecule has 2 N–H and O–H groups in total. The number of aromatic hydroxyl groups is 1. The van der Waals surface area contributed by atoms with Crippen molar-refractivity contribution in [2.75, 3.05) is 0 Å². The summed E-state index contributed by atoms with van der Waals surface area (Å²) in [5, 5.41) is 17.4. The molecule has 20 heavy (non-hydrogen) atoms. The number of hydrogen-bond donors (Lipinski definition) is 2. The van der Waals surface area contributed by atoms with E-state index in [0.717, 1.165) is 22.8 Å². The number of benzene rings is 2.